The number of alkyl halides is 3. The second-order valence-corrected chi connectivity index (χ2v) is 16.7. The van der Waals surface area contributed by atoms with Gasteiger partial charge in [0.1, 0.15) is 34.9 Å². The van der Waals surface area contributed by atoms with Gasteiger partial charge >= 0.3 is 0 Å². The highest BCUT2D eigenvalue weighted by atomic mass is 32.2. The quantitative estimate of drug-likeness (QED) is 0.307. The Morgan fingerprint density at radius 2 is 1.94 bits per heavy atom. The molecule has 1 aromatic carbocycles. The van der Waals surface area contributed by atoms with Gasteiger partial charge in [0.2, 0.25) is 27.7 Å². The largest absolute Gasteiger partial charge is 0.497 e. The Labute approximate surface area is 300 Å². The molecule has 6 rings (SSSR count). The maximum absolute atomic E-state index is 14.4. The van der Waals surface area contributed by atoms with Crippen molar-refractivity contribution in [1.82, 2.24) is 30.2 Å². The number of sulfonamides is 1. The summed E-state index contributed by atoms with van der Waals surface area (Å²) in [5.41, 5.74) is -0.611. The van der Waals surface area contributed by atoms with E-state index in [-0.39, 0.29) is 49.9 Å². The van der Waals surface area contributed by atoms with Crippen molar-refractivity contribution in [2.24, 2.45) is 17.8 Å². The van der Waals surface area contributed by atoms with Crippen LogP contribution in [0.25, 0.3) is 11.0 Å². The summed E-state index contributed by atoms with van der Waals surface area (Å²) in [7, 11) is -2.88. The fraction of sp³-hybridized carbons (Fsp3) is 0.629. The highest BCUT2D eigenvalue weighted by molar-refractivity contribution is 7.91. The molecule has 7 atom stereocenters. The van der Waals surface area contributed by atoms with E-state index in [0.29, 0.717) is 36.0 Å². The molecule has 3 amide bonds. The molecular formula is C35H45F3N6O7S. The fourth-order valence-corrected chi connectivity index (χ4v) is 8.81. The maximum Gasteiger partial charge on any atom is 0.259 e. The van der Waals surface area contributed by atoms with Crippen molar-refractivity contribution < 1.29 is 45.4 Å². The van der Waals surface area contributed by atoms with Gasteiger partial charge in [0.05, 0.1) is 43.5 Å². The van der Waals surface area contributed by atoms with Gasteiger partial charge in [-0.15, -0.1) is 0 Å². The summed E-state index contributed by atoms with van der Waals surface area (Å²) in [6.07, 6.45) is 3.53. The van der Waals surface area contributed by atoms with Gasteiger partial charge in [-0.2, -0.15) is 0 Å². The summed E-state index contributed by atoms with van der Waals surface area (Å²) < 4.78 is 78.7. The molecule has 17 heteroatoms. The van der Waals surface area contributed by atoms with Crippen molar-refractivity contribution in [3.63, 3.8) is 0 Å². The maximum atomic E-state index is 14.4. The Bertz CT molecular complexity index is 1830. The van der Waals surface area contributed by atoms with E-state index in [1.807, 2.05) is 24.6 Å². The van der Waals surface area contributed by atoms with Gasteiger partial charge < -0.3 is 25.0 Å². The number of carbonyl (C=O) groups excluding carboxylic acids is 3. The van der Waals surface area contributed by atoms with Gasteiger partial charge in [-0.25, -0.2) is 31.6 Å². The third-order valence-corrected chi connectivity index (χ3v) is 12.9. The Hall–Kier alpha value is -3.99. The fourth-order valence-electron chi connectivity index (χ4n) is 7.38. The molecule has 0 spiro atoms. The van der Waals surface area contributed by atoms with Crippen LogP contribution in [0.2, 0.25) is 0 Å². The number of rotatable bonds is 10. The van der Waals surface area contributed by atoms with Crippen LogP contribution in [0, 0.1) is 17.8 Å². The number of carbonyl (C=O) groups is 3. The Balaban J connectivity index is 1.31. The van der Waals surface area contributed by atoms with Crippen molar-refractivity contribution >= 4 is 38.8 Å². The second kappa shape index (κ2) is 14.8. The number of allylic oxidation sites excluding steroid dienone is 1. The van der Waals surface area contributed by atoms with Crippen LogP contribution < -0.4 is 24.8 Å². The second-order valence-electron chi connectivity index (χ2n) is 14.7. The highest BCUT2D eigenvalue weighted by Gasteiger charge is 2.64. The molecule has 2 aromatic rings. The number of aromatic nitrogens is 2. The minimum absolute atomic E-state index is 0.0524. The smallest absolute Gasteiger partial charge is 0.259 e. The van der Waals surface area contributed by atoms with Gasteiger partial charge in [-0.1, -0.05) is 26.0 Å². The highest BCUT2D eigenvalue weighted by Crippen LogP contribution is 2.48. The van der Waals surface area contributed by atoms with Crippen LogP contribution in [0.4, 0.5) is 13.2 Å². The first-order valence-corrected chi connectivity index (χ1v) is 19.1. The monoisotopic (exact) mass is 750 g/mol. The van der Waals surface area contributed by atoms with Crippen LogP contribution in [0.5, 0.6) is 11.6 Å². The summed E-state index contributed by atoms with van der Waals surface area (Å²) >= 11 is 0. The molecule has 2 saturated carbocycles. The number of amides is 3. The molecule has 1 aromatic heterocycles. The molecule has 2 aliphatic heterocycles. The minimum atomic E-state index is -4.39. The molecule has 3 N–H and O–H groups in total. The lowest BCUT2D eigenvalue weighted by Gasteiger charge is -2.33. The number of ether oxygens (including phenoxy) is 2. The van der Waals surface area contributed by atoms with Gasteiger partial charge in [0.15, 0.2) is 0 Å². The molecule has 3 heterocycles. The molecule has 13 nitrogen and oxygen atoms in total. The third kappa shape index (κ3) is 7.70. The first-order chi connectivity index (χ1) is 24.7. The van der Waals surface area contributed by atoms with E-state index in [1.54, 1.807) is 24.3 Å². The van der Waals surface area contributed by atoms with E-state index in [9.17, 15) is 36.0 Å². The molecule has 52 heavy (non-hydrogen) atoms. The van der Waals surface area contributed by atoms with E-state index in [2.05, 4.69) is 20.6 Å². The number of benzene rings is 1. The number of fused-ring (bicyclic) bond motifs is 3. The number of hydrogen-bond acceptors (Lipinski definition) is 10. The summed E-state index contributed by atoms with van der Waals surface area (Å²) in [5, 5.41) is 5.48. The zero-order valence-corrected chi connectivity index (χ0v) is 30.1. The van der Waals surface area contributed by atoms with E-state index >= 15 is 0 Å². The molecule has 4 aliphatic rings. The van der Waals surface area contributed by atoms with E-state index < -0.39 is 81.8 Å². The van der Waals surface area contributed by atoms with Gasteiger partial charge in [0, 0.05) is 18.4 Å². The Morgan fingerprint density at radius 1 is 1.17 bits per heavy atom. The summed E-state index contributed by atoms with van der Waals surface area (Å²) in [6.45, 7) is 1.81. The van der Waals surface area contributed by atoms with Gasteiger partial charge in [0.25, 0.3) is 12.3 Å². The number of nitrogens with one attached hydrogen (secondary N) is 3. The lowest BCUT2D eigenvalue weighted by atomic mass is 9.88. The molecular weight excluding hydrogens is 705 g/mol. The summed E-state index contributed by atoms with van der Waals surface area (Å²) in [4.78, 5) is 52.5. The predicted octanol–water partition coefficient (Wildman–Crippen LogP) is 3.05. The van der Waals surface area contributed by atoms with E-state index in [0.717, 1.165) is 0 Å². The van der Waals surface area contributed by atoms with Crippen LogP contribution in [0.3, 0.4) is 0 Å². The lowest BCUT2D eigenvalue weighted by Crippen LogP contribution is -2.59. The number of halogens is 3. The molecule has 3 fully saturated rings. The van der Waals surface area contributed by atoms with Crippen LogP contribution in [0.1, 0.15) is 58.8 Å². The summed E-state index contributed by atoms with van der Waals surface area (Å²) in [5.74, 6) is -2.50. The molecule has 284 valence electrons. The van der Waals surface area contributed by atoms with E-state index in [1.165, 1.54) is 18.2 Å². The third-order valence-electron chi connectivity index (χ3n) is 10.8. The number of nitrogens with zero attached hydrogens (tertiary/aromatic N) is 3. The van der Waals surface area contributed by atoms with Gasteiger partial charge in [-0.3, -0.25) is 19.1 Å². The van der Waals surface area contributed by atoms with Crippen molar-refractivity contribution in [2.75, 3.05) is 26.9 Å². The minimum Gasteiger partial charge on any atom is -0.497 e. The van der Waals surface area contributed by atoms with Crippen LogP contribution in [-0.4, -0.2) is 103 Å². The lowest BCUT2D eigenvalue weighted by molar-refractivity contribution is -0.142. The van der Waals surface area contributed by atoms with Gasteiger partial charge in [-0.05, 0) is 62.5 Å². The molecule has 0 bridgehead atoms. The molecule has 0 radical (unpaired) electrons. The van der Waals surface area contributed by atoms with Crippen molar-refractivity contribution in [3.8, 4) is 11.6 Å². The molecule has 0 unspecified atom stereocenters. The standard InChI is InChI=1S/C35H45F3N6O7S/c1-20-6-4-5-7-22-15-35(22,33(47)43-52(48,49)34(19-36)10-11-34)42-31(45)27-14-24(18-44(27)32(46)30(21(2)12-20)40-16-28(37)38)51-29-17-39-25-9-8-23(50-3)13-26(25)41-29/h5,7-9,13,17,20-22,24,27-28,30,40H,4,6,10-12,14-16,18-19H2,1-3H3,(H,42,45)(H,43,47)/b7-5-/t20-,21-,22-,24-,27+,30+,35-/m1/s1. The van der Waals surface area contributed by atoms with Crippen LogP contribution >= 0.6 is 0 Å². The SMILES string of the molecule is COc1ccc2ncc(O[C@@H]3C[C@H]4C(=O)N[C@]5(C(=O)NS(=O)(=O)C6(CF)CC6)C[C@H]5/C=C\CC[C@@H](C)C[C@@H](C)[C@H](NCC(F)F)C(=O)N4C3)nc2c1. The topological polar surface area (TPSA) is 169 Å². The Kier molecular flexibility index (Phi) is 10.7. The van der Waals surface area contributed by atoms with E-state index in [4.69, 9.17) is 9.47 Å². The molecule has 2 aliphatic carbocycles. The van der Waals surface area contributed by atoms with Crippen LogP contribution in [0.15, 0.2) is 36.5 Å². The molecule has 1 saturated heterocycles. The first-order valence-electron chi connectivity index (χ1n) is 17.6. The zero-order valence-electron chi connectivity index (χ0n) is 29.3. The summed E-state index contributed by atoms with van der Waals surface area (Å²) in [6, 6.07) is 2.86. The average molecular weight is 751 g/mol. The van der Waals surface area contributed by atoms with Crippen molar-refractivity contribution in [2.45, 2.75) is 93.7 Å². The van der Waals surface area contributed by atoms with Crippen molar-refractivity contribution in [1.29, 1.82) is 0 Å². The van der Waals surface area contributed by atoms with Crippen LogP contribution in [-0.2, 0) is 24.4 Å². The average Bonchev–Trinajstić information content (AvgIpc) is 4.01. The predicted molar refractivity (Wildman–Crippen MR) is 184 cm³/mol. The number of methoxy groups -OCH3 is 1. The van der Waals surface area contributed by atoms with Crippen molar-refractivity contribution in [3.05, 3.63) is 36.5 Å². The normalized spacial score (nSPS) is 31.1. The zero-order chi connectivity index (χ0) is 37.4. The Morgan fingerprint density at radius 3 is 2.63 bits per heavy atom. The number of hydrogen-bond donors (Lipinski definition) is 3. The first kappa shape index (κ1) is 37.8.